The van der Waals surface area contributed by atoms with Crippen molar-refractivity contribution in [3.63, 3.8) is 0 Å². The Balaban J connectivity index is 1.51. The van der Waals surface area contributed by atoms with Crippen molar-refractivity contribution < 1.29 is 22.7 Å². The molecule has 4 rings (SSSR count). The summed E-state index contributed by atoms with van der Waals surface area (Å²) in [5.41, 5.74) is 8.56. The molecule has 0 spiro atoms. The SMILES string of the molecule is CNc1cc(N2CC3CC2CO3)c(C(=O)NC2CCC(C(F)(F)F)CC2)cc1N. The minimum Gasteiger partial charge on any atom is -0.397 e. The van der Waals surface area contributed by atoms with Crippen LogP contribution >= 0.6 is 0 Å². The van der Waals surface area contributed by atoms with E-state index in [1.165, 1.54) is 0 Å². The van der Waals surface area contributed by atoms with Gasteiger partial charge in [0.05, 0.1) is 47.3 Å². The van der Waals surface area contributed by atoms with Crippen molar-refractivity contribution in [3.8, 4) is 0 Å². The fourth-order valence-corrected chi connectivity index (χ4v) is 4.76. The Morgan fingerprint density at radius 1 is 1.24 bits per heavy atom. The molecule has 9 heteroatoms. The van der Waals surface area contributed by atoms with Gasteiger partial charge in [-0.3, -0.25) is 4.79 Å². The van der Waals surface area contributed by atoms with Gasteiger partial charge in [0.2, 0.25) is 0 Å². The van der Waals surface area contributed by atoms with Gasteiger partial charge >= 0.3 is 6.18 Å². The lowest BCUT2D eigenvalue weighted by Gasteiger charge is -2.33. The van der Waals surface area contributed by atoms with Crippen LogP contribution in [0.3, 0.4) is 0 Å². The van der Waals surface area contributed by atoms with Crippen LogP contribution in [-0.4, -0.2) is 50.5 Å². The molecule has 2 unspecified atom stereocenters. The van der Waals surface area contributed by atoms with Crippen LogP contribution in [0.4, 0.5) is 30.2 Å². The minimum atomic E-state index is -4.16. The molecule has 1 aliphatic carbocycles. The normalized spacial score (nSPS) is 29.2. The average molecular weight is 412 g/mol. The molecule has 29 heavy (non-hydrogen) atoms. The maximum absolute atomic E-state index is 13.1. The van der Waals surface area contributed by atoms with Gasteiger partial charge in [-0.05, 0) is 44.2 Å². The summed E-state index contributed by atoms with van der Waals surface area (Å²) in [7, 11) is 1.77. The number of halogens is 3. The number of nitrogens with two attached hydrogens (primary N) is 1. The molecule has 1 saturated carbocycles. The number of nitrogens with zero attached hydrogens (tertiary/aromatic N) is 1. The molecular formula is C20H27F3N4O2. The molecule has 2 bridgehead atoms. The first kappa shape index (κ1) is 20.1. The van der Waals surface area contributed by atoms with Gasteiger partial charge in [0, 0.05) is 19.6 Å². The maximum Gasteiger partial charge on any atom is 0.391 e. The minimum absolute atomic E-state index is 0.0509. The summed E-state index contributed by atoms with van der Waals surface area (Å²) in [4.78, 5) is 15.2. The molecule has 2 aliphatic heterocycles. The molecule has 3 fully saturated rings. The van der Waals surface area contributed by atoms with Crippen LogP contribution < -0.4 is 21.3 Å². The fraction of sp³-hybridized carbons (Fsp3) is 0.650. The third-order valence-corrected chi connectivity index (χ3v) is 6.42. The van der Waals surface area contributed by atoms with E-state index >= 15 is 0 Å². The second kappa shape index (κ2) is 7.59. The first-order valence-corrected chi connectivity index (χ1v) is 10.1. The molecule has 2 saturated heterocycles. The summed E-state index contributed by atoms with van der Waals surface area (Å²) >= 11 is 0. The highest BCUT2D eigenvalue weighted by atomic mass is 19.4. The number of carbonyl (C=O) groups is 1. The number of morpholine rings is 1. The summed E-state index contributed by atoms with van der Waals surface area (Å²) in [5, 5.41) is 5.99. The lowest BCUT2D eigenvalue weighted by atomic mass is 9.85. The van der Waals surface area contributed by atoms with Gasteiger partial charge < -0.3 is 26.0 Å². The number of amides is 1. The van der Waals surface area contributed by atoms with Crippen LogP contribution in [0.25, 0.3) is 0 Å². The number of anilines is 3. The third-order valence-electron chi connectivity index (χ3n) is 6.42. The Bertz CT molecular complexity index is 778. The number of nitrogen functional groups attached to an aromatic ring is 1. The first-order chi connectivity index (χ1) is 13.8. The van der Waals surface area contributed by atoms with E-state index in [1.54, 1.807) is 13.1 Å². The van der Waals surface area contributed by atoms with E-state index in [4.69, 9.17) is 10.5 Å². The van der Waals surface area contributed by atoms with Gasteiger partial charge in [-0.2, -0.15) is 13.2 Å². The predicted molar refractivity (Wildman–Crippen MR) is 105 cm³/mol. The van der Waals surface area contributed by atoms with Crippen molar-refractivity contribution in [1.29, 1.82) is 0 Å². The highest BCUT2D eigenvalue weighted by Crippen LogP contribution is 2.39. The van der Waals surface area contributed by atoms with Crippen molar-refractivity contribution in [2.24, 2.45) is 5.92 Å². The standard InChI is InChI=1S/C20H27F3N4O2/c1-25-17-8-18(27-9-14-6-13(27)10-29-14)15(7-16(17)24)19(28)26-12-4-2-11(3-5-12)20(21,22)23/h7-8,11-14,25H,2-6,9-10,24H2,1H3,(H,26,28). The number of alkyl halides is 3. The van der Waals surface area contributed by atoms with Crippen LogP contribution in [0, 0.1) is 5.92 Å². The number of rotatable bonds is 4. The van der Waals surface area contributed by atoms with E-state index < -0.39 is 12.1 Å². The number of ether oxygens (including phenoxy) is 1. The fourth-order valence-electron chi connectivity index (χ4n) is 4.76. The molecule has 1 aromatic rings. The van der Waals surface area contributed by atoms with Crippen LogP contribution in [-0.2, 0) is 4.74 Å². The highest BCUT2D eigenvalue weighted by Gasteiger charge is 2.42. The molecule has 6 nitrogen and oxygen atoms in total. The second-order valence-electron chi connectivity index (χ2n) is 8.27. The quantitative estimate of drug-likeness (QED) is 0.662. The summed E-state index contributed by atoms with van der Waals surface area (Å²) < 4.78 is 44.3. The van der Waals surface area contributed by atoms with Crippen LogP contribution in [0.2, 0.25) is 0 Å². The van der Waals surface area contributed by atoms with E-state index in [1.807, 2.05) is 6.07 Å². The molecule has 0 aromatic heterocycles. The molecule has 160 valence electrons. The lowest BCUT2D eigenvalue weighted by Crippen LogP contribution is -2.42. The van der Waals surface area contributed by atoms with Crippen molar-refractivity contribution in [3.05, 3.63) is 17.7 Å². The summed E-state index contributed by atoms with van der Waals surface area (Å²) in [6.07, 6.45) is -2.29. The van der Waals surface area contributed by atoms with Gasteiger partial charge in [-0.15, -0.1) is 0 Å². The topological polar surface area (TPSA) is 79.6 Å². The molecule has 1 amide bonds. The van der Waals surface area contributed by atoms with Gasteiger partial charge in [0.15, 0.2) is 0 Å². The highest BCUT2D eigenvalue weighted by molar-refractivity contribution is 6.02. The number of benzene rings is 1. The Morgan fingerprint density at radius 2 is 1.97 bits per heavy atom. The van der Waals surface area contributed by atoms with E-state index in [0.29, 0.717) is 37.2 Å². The number of hydrogen-bond donors (Lipinski definition) is 3. The van der Waals surface area contributed by atoms with Gasteiger partial charge in [-0.1, -0.05) is 0 Å². The van der Waals surface area contributed by atoms with Crippen molar-refractivity contribution in [1.82, 2.24) is 5.32 Å². The zero-order valence-corrected chi connectivity index (χ0v) is 16.4. The Labute approximate surface area is 167 Å². The van der Waals surface area contributed by atoms with E-state index in [2.05, 4.69) is 15.5 Å². The van der Waals surface area contributed by atoms with Crippen molar-refractivity contribution in [2.75, 3.05) is 36.1 Å². The largest absolute Gasteiger partial charge is 0.397 e. The molecule has 2 atom stereocenters. The number of fused-ring (bicyclic) bond motifs is 2. The number of hydrogen-bond acceptors (Lipinski definition) is 5. The molecule has 0 radical (unpaired) electrons. The number of nitrogens with one attached hydrogen (secondary N) is 2. The summed E-state index contributed by atoms with van der Waals surface area (Å²) in [6, 6.07) is 3.51. The maximum atomic E-state index is 13.1. The Hall–Kier alpha value is -2.16. The van der Waals surface area contributed by atoms with Crippen molar-refractivity contribution >= 4 is 23.0 Å². The zero-order chi connectivity index (χ0) is 20.8. The zero-order valence-electron chi connectivity index (χ0n) is 16.4. The molecule has 4 N–H and O–H groups in total. The second-order valence-corrected chi connectivity index (χ2v) is 8.27. The van der Waals surface area contributed by atoms with E-state index in [-0.39, 0.29) is 36.9 Å². The van der Waals surface area contributed by atoms with Crippen LogP contribution in [0.5, 0.6) is 0 Å². The van der Waals surface area contributed by atoms with Crippen LogP contribution in [0.15, 0.2) is 12.1 Å². The summed E-state index contributed by atoms with van der Waals surface area (Å²) in [5.74, 6) is -1.55. The Morgan fingerprint density at radius 3 is 2.52 bits per heavy atom. The molecular weight excluding hydrogens is 385 g/mol. The smallest absolute Gasteiger partial charge is 0.391 e. The van der Waals surface area contributed by atoms with Gasteiger partial charge in [-0.25, -0.2) is 0 Å². The number of carbonyl (C=O) groups excluding carboxylic acids is 1. The molecule has 2 heterocycles. The average Bonchev–Trinajstić information content (AvgIpc) is 3.31. The Kier molecular flexibility index (Phi) is 5.27. The van der Waals surface area contributed by atoms with Crippen molar-refractivity contribution in [2.45, 2.75) is 56.5 Å². The lowest BCUT2D eigenvalue weighted by molar-refractivity contribution is -0.182. The predicted octanol–water partition coefficient (Wildman–Crippen LogP) is 3.14. The molecule has 3 aliphatic rings. The third kappa shape index (κ3) is 3.97. The first-order valence-electron chi connectivity index (χ1n) is 10.1. The van der Waals surface area contributed by atoms with E-state index in [9.17, 15) is 18.0 Å². The van der Waals surface area contributed by atoms with E-state index in [0.717, 1.165) is 17.8 Å². The summed E-state index contributed by atoms with van der Waals surface area (Å²) in [6.45, 7) is 1.35. The van der Waals surface area contributed by atoms with Gasteiger partial charge in [0.25, 0.3) is 5.91 Å². The molecule has 1 aromatic carbocycles. The monoisotopic (exact) mass is 412 g/mol. The van der Waals surface area contributed by atoms with Gasteiger partial charge in [0.1, 0.15) is 0 Å². The van der Waals surface area contributed by atoms with Crippen LogP contribution in [0.1, 0.15) is 42.5 Å².